The van der Waals surface area contributed by atoms with Crippen LogP contribution in [-0.4, -0.2) is 96.2 Å². The average molecular weight is 616 g/mol. The quantitative estimate of drug-likeness (QED) is 0.366. The van der Waals surface area contributed by atoms with Crippen molar-refractivity contribution in [2.45, 2.75) is 62.0 Å². The second kappa shape index (κ2) is 11.5. The van der Waals surface area contributed by atoms with Crippen LogP contribution in [0.5, 0.6) is 0 Å². The van der Waals surface area contributed by atoms with E-state index in [4.69, 9.17) is 9.47 Å². The molecule has 3 aliphatic heterocycles. The van der Waals surface area contributed by atoms with Gasteiger partial charge in [0.1, 0.15) is 12.1 Å². The molecule has 0 aromatic heterocycles. The topological polar surface area (TPSA) is 152 Å². The number of rotatable bonds is 7. The number of fused-ring (bicyclic) bond motifs is 1. The SMILES string of the molecule is CC(C)(C)OC(=O)N1CC(=O)N2CC3(CCN(Cc4ccccc4)CC3)OC2(CNS(=O)(=O)c2ccccc2[N+](=O)[O-])C1. The van der Waals surface area contributed by atoms with Crippen molar-refractivity contribution in [3.63, 3.8) is 0 Å². The second-order valence-electron chi connectivity index (χ2n) is 12.4. The minimum absolute atomic E-state index is 0.136. The third kappa shape index (κ3) is 6.66. The predicted molar refractivity (Wildman–Crippen MR) is 155 cm³/mol. The number of ether oxygens (including phenoxy) is 2. The molecular formula is C29H37N5O8S. The number of hydrogen-bond acceptors (Lipinski definition) is 9. The molecule has 1 atom stereocenters. The summed E-state index contributed by atoms with van der Waals surface area (Å²) in [6.45, 7) is 6.75. The second-order valence-corrected chi connectivity index (χ2v) is 14.1. The molecule has 2 aromatic rings. The van der Waals surface area contributed by atoms with E-state index >= 15 is 0 Å². The van der Waals surface area contributed by atoms with Gasteiger partial charge in [-0.3, -0.25) is 24.7 Å². The normalized spacial score (nSPS) is 22.4. The fourth-order valence-electron chi connectivity index (χ4n) is 5.94. The molecule has 0 saturated carbocycles. The number of piperazine rings is 1. The van der Waals surface area contributed by atoms with Crippen molar-refractivity contribution in [2.75, 3.05) is 39.3 Å². The van der Waals surface area contributed by atoms with Gasteiger partial charge in [0.2, 0.25) is 15.9 Å². The molecule has 5 rings (SSSR count). The zero-order valence-electron chi connectivity index (χ0n) is 24.5. The molecule has 1 spiro atoms. The van der Waals surface area contributed by atoms with Gasteiger partial charge in [-0.1, -0.05) is 42.5 Å². The summed E-state index contributed by atoms with van der Waals surface area (Å²) in [6.07, 6.45) is 0.465. The molecule has 0 bridgehead atoms. The van der Waals surface area contributed by atoms with E-state index in [9.17, 15) is 28.1 Å². The van der Waals surface area contributed by atoms with Crippen LogP contribution < -0.4 is 4.72 Å². The highest BCUT2D eigenvalue weighted by Gasteiger charge is 2.60. The number of carbonyl (C=O) groups excluding carboxylic acids is 2. The van der Waals surface area contributed by atoms with Crippen LogP contribution in [0.25, 0.3) is 0 Å². The number of nitro benzene ring substituents is 1. The maximum absolute atomic E-state index is 13.6. The van der Waals surface area contributed by atoms with Crippen LogP contribution in [0, 0.1) is 10.1 Å². The summed E-state index contributed by atoms with van der Waals surface area (Å²) in [6, 6.07) is 15.1. The highest BCUT2D eigenvalue weighted by atomic mass is 32.2. The summed E-state index contributed by atoms with van der Waals surface area (Å²) in [5, 5.41) is 11.5. The number of nitro groups is 1. The van der Waals surface area contributed by atoms with Gasteiger partial charge in [0, 0.05) is 25.7 Å². The number of amides is 2. The minimum Gasteiger partial charge on any atom is -0.444 e. The number of nitrogens with zero attached hydrogens (tertiary/aromatic N) is 4. The van der Waals surface area contributed by atoms with E-state index < -0.39 is 61.0 Å². The standard InChI is InChI=1S/C29H37N5O8S/c1-27(2,3)41-26(36)32-18-25(35)33-20-28(13-15-31(16-14-28)17-22-9-5-4-6-10-22)42-29(33,21-32)19-30-43(39,40)24-12-8-7-11-23(24)34(37)38/h4-12,30H,13-21H2,1-3H3. The Morgan fingerprint density at radius 1 is 1.07 bits per heavy atom. The Balaban J connectivity index is 1.40. The van der Waals surface area contributed by atoms with Gasteiger partial charge in [0.15, 0.2) is 10.6 Å². The van der Waals surface area contributed by atoms with Crippen molar-refractivity contribution < 1.29 is 32.4 Å². The monoisotopic (exact) mass is 615 g/mol. The van der Waals surface area contributed by atoms with E-state index in [2.05, 4.69) is 21.8 Å². The predicted octanol–water partition coefficient (Wildman–Crippen LogP) is 2.71. The van der Waals surface area contributed by atoms with Gasteiger partial charge in [-0.25, -0.2) is 17.9 Å². The Morgan fingerprint density at radius 3 is 2.37 bits per heavy atom. The van der Waals surface area contributed by atoms with Crippen molar-refractivity contribution in [3.05, 3.63) is 70.3 Å². The van der Waals surface area contributed by atoms with E-state index in [1.54, 1.807) is 20.8 Å². The van der Waals surface area contributed by atoms with Crippen LogP contribution in [-0.2, 0) is 30.8 Å². The molecule has 0 aliphatic carbocycles. The van der Waals surface area contributed by atoms with Gasteiger partial charge < -0.3 is 14.4 Å². The molecule has 43 heavy (non-hydrogen) atoms. The zero-order chi connectivity index (χ0) is 31.0. The maximum atomic E-state index is 13.6. The number of hydrogen-bond donors (Lipinski definition) is 1. The van der Waals surface area contributed by atoms with Gasteiger partial charge in [-0.05, 0) is 45.2 Å². The van der Waals surface area contributed by atoms with Gasteiger partial charge in [-0.15, -0.1) is 0 Å². The summed E-state index contributed by atoms with van der Waals surface area (Å²) in [4.78, 5) is 42.0. The smallest absolute Gasteiger partial charge is 0.410 e. The maximum Gasteiger partial charge on any atom is 0.410 e. The van der Waals surface area contributed by atoms with Crippen LogP contribution in [0.1, 0.15) is 39.2 Å². The highest BCUT2D eigenvalue weighted by molar-refractivity contribution is 7.89. The zero-order valence-corrected chi connectivity index (χ0v) is 25.3. The van der Waals surface area contributed by atoms with Crippen LogP contribution in [0.4, 0.5) is 10.5 Å². The fourth-order valence-corrected chi connectivity index (χ4v) is 7.19. The van der Waals surface area contributed by atoms with Gasteiger partial charge in [-0.2, -0.15) is 0 Å². The molecule has 232 valence electrons. The Labute approximate surface area is 250 Å². The van der Waals surface area contributed by atoms with E-state index in [0.29, 0.717) is 25.9 Å². The lowest BCUT2D eigenvalue weighted by Gasteiger charge is -2.45. The minimum atomic E-state index is -4.40. The third-order valence-corrected chi connectivity index (χ3v) is 9.42. The van der Waals surface area contributed by atoms with Gasteiger partial charge >= 0.3 is 6.09 Å². The number of piperidine rings is 1. The molecule has 3 saturated heterocycles. The molecule has 2 aromatic carbocycles. The summed E-state index contributed by atoms with van der Waals surface area (Å²) in [5.41, 5.74) is -2.50. The number of sulfonamides is 1. The Hall–Kier alpha value is -3.59. The molecular weight excluding hydrogens is 578 g/mol. The number of benzene rings is 2. The lowest BCUT2D eigenvalue weighted by molar-refractivity contribution is -0.387. The number of likely N-dealkylation sites (tertiary alicyclic amines) is 1. The number of para-hydroxylation sites is 1. The number of nitrogens with one attached hydrogen (secondary N) is 1. The summed E-state index contributed by atoms with van der Waals surface area (Å²) >= 11 is 0. The molecule has 1 N–H and O–H groups in total. The first-order valence-corrected chi connectivity index (χ1v) is 15.7. The van der Waals surface area contributed by atoms with Gasteiger partial charge in [0.05, 0.1) is 30.2 Å². The average Bonchev–Trinajstić information content (AvgIpc) is 3.28. The Kier molecular flexibility index (Phi) is 8.24. The van der Waals surface area contributed by atoms with Crippen molar-refractivity contribution in [3.8, 4) is 0 Å². The largest absolute Gasteiger partial charge is 0.444 e. The fraction of sp³-hybridized carbons (Fsp3) is 0.517. The lowest BCUT2D eigenvalue weighted by Crippen LogP contribution is -2.67. The van der Waals surface area contributed by atoms with Crippen molar-refractivity contribution in [1.82, 2.24) is 19.4 Å². The van der Waals surface area contributed by atoms with Crippen LogP contribution >= 0.6 is 0 Å². The Morgan fingerprint density at radius 2 is 1.72 bits per heavy atom. The summed E-state index contributed by atoms with van der Waals surface area (Å²) < 4.78 is 41.5. The van der Waals surface area contributed by atoms with E-state index in [1.165, 1.54) is 27.5 Å². The highest BCUT2D eigenvalue weighted by Crippen LogP contribution is 2.43. The molecule has 3 heterocycles. The van der Waals surface area contributed by atoms with Crippen LogP contribution in [0.2, 0.25) is 0 Å². The summed E-state index contributed by atoms with van der Waals surface area (Å²) in [7, 11) is -4.40. The van der Waals surface area contributed by atoms with Gasteiger partial charge in [0.25, 0.3) is 5.69 Å². The van der Waals surface area contributed by atoms with Crippen LogP contribution in [0.15, 0.2) is 59.5 Å². The lowest BCUT2D eigenvalue weighted by atomic mass is 9.91. The molecule has 3 fully saturated rings. The van der Waals surface area contributed by atoms with E-state index in [0.717, 1.165) is 18.7 Å². The van der Waals surface area contributed by atoms with Crippen molar-refractivity contribution in [1.29, 1.82) is 0 Å². The third-order valence-electron chi connectivity index (χ3n) is 7.97. The Bertz CT molecular complexity index is 1490. The first kappa shape index (κ1) is 30.9. The molecule has 2 amide bonds. The van der Waals surface area contributed by atoms with E-state index in [1.807, 2.05) is 18.2 Å². The molecule has 3 aliphatic rings. The van der Waals surface area contributed by atoms with E-state index in [-0.39, 0.29) is 19.6 Å². The van der Waals surface area contributed by atoms with Crippen LogP contribution in [0.3, 0.4) is 0 Å². The van der Waals surface area contributed by atoms with Crippen molar-refractivity contribution in [2.24, 2.45) is 0 Å². The summed E-state index contributed by atoms with van der Waals surface area (Å²) in [5.74, 6) is -0.398. The first-order valence-electron chi connectivity index (χ1n) is 14.2. The molecule has 0 radical (unpaired) electrons. The molecule has 1 unspecified atom stereocenters. The number of carbonyl (C=O) groups is 2. The molecule has 13 nitrogen and oxygen atoms in total. The van der Waals surface area contributed by atoms with Crippen molar-refractivity contribution >= 4 is 27.7 Å². The first-order chi connectivity index (χ1) is 20.2. The molecule has 14 heteroatoms.